The van der Waals surface area contributed by atoms with Crippen molar-refractivity contribution in [1.82, 2.24) is 10.2 Å². The van der Waals surface area contributed by atoms with Crippen molar-refractivity contribution in [2.45, 2.75) is 32.2 Å². The molecule has 0 saturated carbocycles. The number of piperidine rings is 1. The Bertz CT molecular complexity index is 446. The molecule has 1 fully saturated rings. The van der Waals surface area contributed by atoms with Gasteiger partial charge in [-0.1, -0.05) is 24.1 Å². The summed E-state index contributed by atoms with van der Waals surface area (Å²) >= 11 is 5.92. The number of rotatable bonds is 4. The van der Waals surface area contributed by atoms with E-state index < -0.39 is 0 Å². The van der Waals surface area contributed by atoms with Gasteiger partial charge in [0.1, 0.15) is 0 Å². The van der Waals surface area contributed by atoms with Crippen LogP contribution in [-0.4, -0.2) is 36.6 Å². The summed E-state index contributed by atoms with van der Waals surface area (Å²) in [5, 5.41) is 6.99. The predicted molar refractivity (Wildman–Crippen MR) is 83.4 cm³/mol. The number of amides is 2. The normalized spacial score (nSPS) is 18.6. The van der Waals surface area contributed by atoms with Crippen LogP contribution in [0.5, 0.6) is 0 Å². The fourth-order valence-corrected chi connectivity index (χ4v) is 2.66. The highest BCUT2D eigenvalue weighted by Crippen LogP contribution is 2.16. The number of halogens is 1. The molecular formula is C15H22ClN3O. The standard InChI is InChI=1S/C15H22ClN3O/c1-2-19(11-14-7-3-4-9-17-14)15(20)18-13-8-5-6-12(16)10-13/h5-6,8,10,14,17H,2-4,7,9,11H2,1H3,(H,18,20). The molecule has 0 bridgehead atoms. The van der Waals surface area contributed by atoms with Crippen LogP contribution in [0.2, 0.25) is 5.02 Å². The second-order valence-corrected chi connectivity index (χ2v) is 5.56. The maximum absolute atomic E-state index is 12.3. The number of hydrogen-bond donors (Lipinski definition) is 2. The molecule has 0 aliphatic carbocycles. The van der Waals surface area contributed by atoms with E-state index in [2.05, 4.69) is 10.6 Å². The van der Waals surface area contributed by atoms with Crippen molar-refractivity contribution < 1.29 is 4.79 Å². The average molecular weight is 296 g/mol. The van der Waals surface area contributed by atoms with Crippen LogP contribution < -0.4 is 10.6 Å². The first-order valence-electron chi connectivity index (χ1n) is 7.24. The third kappa shape index (κ3) is 4.39. The van der Waals surface area contributed by atoms with Crippen molar-refractivity contribution in [2.75, 3.05) is 25.0 Å². The van der Waals surface area contributed by atoms with Gasteiger partial charge in [0.2, 0.25) is 0 Å². The molecule has 0 spiro atoms. The van der Waals surface area contributed by atoms with Crippen LogP contribution in [0.3, 0.4) is 0 Å². The zero-order valence-corrected chi connectivity index (χ0v) is 12.6. The summed E-state index contributed by atoms with van der Waals surface area (Å²) in [7, 11) is 0. The van der Waals surface area contributed by atoms with Gasteiger partial charge in [0, 0.05) is 29.8 Å². The minimum atomic E-state index is -0.0675. The Kier molecular flexibility index (Phi) is 5.68. The highest BCUT2D eigenvalue weighted by Gasteiger charge is 2.19. The number of benzene rings is 1. The molecule has 0 radical (unpaired) electrons. The number of urea groups is 1. The Morgan fingerprint density at radius 3 is 3.00 bits per heavy atom. The first-order valence-corrected chi connectivity index (χ1v) is 7.61. The van der Waals surface area contributed by atoms with Gasteiger partial charge in [0.25, 0.3) is 0 Å². The molecule has 1 heterocycles. The third-order valence-electron chi connectivity index (χ3n) is 3.60. The van der Waals surface area contributed by atoms with E-state index in [9.17, 15) is 4.79 Å². The Morgan fingerprint density at radius 2 is 2.35 bits per heavy atom. The number of carbonyl (C=O) groups excluding carboxylic acids is 1. The molecule has 2 N–H and O–H groups in total. The second-order valence-electron chi connectivity index (χ2n) is 5.13. The summed E-state index contributed by atoms with van der Waals surface area (Å²) in [6.07, 6.45) is 3.61. The van der Waals surface area contributed by atoms with Gasteiger partial charge in [0.05, 0.1) is 0 Å². The Balaban J connectivity index is 1.91. The number of anilines is 1. The molecule has 20 heavy (non-hydrogen) atoms. The van der Waals surface area contributed by atoms with E-state index in [-0.39, 0.29) is 6.03 Å². The lowest BCUT2D eigenvalue weighted by atomic mass is 10.0. The van der Waals surface area contributed by atoms with Crippen molar-refractivity contribution >= 4 is 23.3 Å². The molecule has 2 amide bonds. The summed E-state index contributed by atoms with van der Waals surface area (Å²) in [5.74, 6) is 0. The van der Waals surface area contributed by atoms with Crippen molar-refractivity contribution in [2.24, 2.45) is 0 Å². The molecule has 2 rings (SSSR count). The smallest absolute Gasteiger partial charge is 0.321 e. The Labute approximate surface area is 125 Å². The van der Waals surface area contributed by atoms with E-state index in [0.717, 1.165) is 25.2 Å². The third-order valence-corrected chi connectivity index (χ3v) is 3.83. The van der Waals surface area contributed by atoms with E-state index in [1.807, 2.05) is 24.0 Å². The van der Waals surface area contributed by atoms with Gasteiger partial charge in [0.15, 0.2) is 0 Å². The van der Waals surface area contributed by atoms with Gasteiger partial charge < -0.3 is 15.5 Å². The van der Waals surface area contributed by atoms with E-state index in [1.165, 1.54) is 12.8 Å². The molecule has 0 aromatic heterocycles. The lowest BCUT2D eigenvalue weighted by molar-refractivity contribution is 0.203. The number of carbonyl (C=O) groups is 1. The van der Waals surface area contributed by atoms with Gasteiger partial charge in [-0.15, -0.1) is 0 Å². The van der Waals surface area contributed by atoms with Crippen LogP contribution in [-0.2, 0) is 0 Å². The summed E-state index contributed by atoms with van der Waals surface area (Å²) in [5.41, 5.74) is 0.734. The molecule has 1 saturated heterocycles. The summed E-state index contributed by atoms with van der Waals surface area (Å²) in [6, 6.07) is 7.57. The lowest BCUT2D eigenvalue weighted by Crippen LogP contribution is -2.46. The van der Waals surface area contributed by atoms with E-state index in [1.54, 1.807) is 12.1 Å². The van der Waals surface area contributed by atoms with Gasteiger partial charge in [-0.3, -0.25) is 0 Å². The van der Waals surface area contributed by atoms with Crippen molar-refractivity contribution in [1.29, 1.82) is 0 Å². The molecule has 1 unspecified atom stereocenters. The minimum absolute atomic E-state index is 0.0675. The summed E-state index contributed by atoms with van der Waals surface area (Å²) < 4.78 is 0. The number of hydrogen-bond acceptors (Lipinski definition) is 2. The van der Waals surface area contributed by atoms with Crippen LogP contribution in [0.15, 0.2) is 24.3 Å². The molecule has 1 aliphatic heterocycles. The van der Waals surface area contributed by atoms with Crippen molar-refractivity contribution in [3.8, 4) is 0 Å². The topological polar surface area (TPSA) is 44.4 Å². The fraction of sp³-hybridized carbons (Fsp3) is 0.533. The quantitative estimate of drug-likeness (QED) is 0.895. The molecule has 1 aromatic carbocycles. The van der Waals surface area contributed by atoms with E-state index in [4.69, 9.17) is 11.6 Å². The lowest BCUT2D eigenvalue weighted by Gasteiger charge is -2.30. The zero-order chi connectivity index (χ0) is 14.4. The van der Waals surface area contributed by atoms with Crippen LogP contribution in [0.4, 0.5) is 10.5 Å². The van der Waals surface area contributed by atoms with Crippen LogP contribution >= 0.6 is 11.6 Å². The van der Waals surface area contributed by atoms with Crippen molar-refractivity contribution in [3.63, 3.8) is 0 Å². The highest BCUT2D eigenvalue weighted by atomic mass is 35.5. The summed E-state index contributed by atoms with van der Waals surface area (Å²) in [6.45, 7) is 4.51. The van der Waals surface area contributed by atoms with Gasteiger partial charge in [-0.2, -0.15) is 0 Å². The highest BCUT2D eigenvalue weighted by molar-refractivity contribution is 6.30. The largest absolute Gasteiger partial charge is 0.323 e. The van der Waals surface area contributed by atoms with Gasteiger partial charge in [-0.25, -0.2) is 4.79 Å². The first-order chi connectivity index (χ1) is 9.69. The molecule has 1 aromatic rings. The minimum Gasteiger partial charge on any atom is -0.323 e. The van der Waals surface area contributed by atoms with Crippen LogP contribution in [0, 0.1) is 0 Å². The van der Waals surface area contributed by atoms with Crippen molar-refractivity contribution in [3.05, 3.63) is 29.3 Å². The van der Waals surface area contributed by atoms with Crippen LogP contribution in [0.1, 0.15) is 26.2 Å². The molecule has 1 aliphatic rings. The van der Waals surface area contributed by atoms with E-state index >= 15 is 0 Å². The Morgan fingerprint density at radius 1 is 1.50 bits per heavy atom. The second kappa shape index (κ2) is 7.50. The van der Waals surface area contributed by atoms with E-state index in [0.29, 0.717) is 17.6 Å². The SMILES string of the molecule is CCN(CC1CCCCN1)C(=O)Nc1cccc(Cl)c1. The number of nitrogens with one attached hydrogen (secondary N) is 2. The first kappa shape index (κ1) is 15.1. The Hall–Kier alpha value is -1.26. The molecule has 5 heteroatoms. The maximum atomic E-state index is 12.3. The monoisotopic (exact) mass is 295 g/mol. The van der Waals surface area contributed by atoms with Crippen LogP contribution in [0.25, 0.3) is 0 Å². The molecular weight excluding hydrogens is 274 g/mol. The van der Waals surface area contributed by atoms with Gasteiger partial charge >= 0.3 is 6.03 Å². The molecule has 1 atom stereocenters. The number of likely N-dealkylation sites (N-methyl/N-ethyl adjacent to an activating group) is 1. The number of nitrogens with zero attached hydrogens (tertiary/aromatic N) is 1. The zero-order valence-electron chi connectivity index (χ0n) is 11.9. The summed E-state index contributed by atoms with van der Waals surface area (Å²) in [4.78, 5) is 14.1. The molecule has 4 nitrogen and oxygen atoms in total. The van der Waals surface area contributed by atoms with Gasteiger partial charge in [-0.05, 0) is 44.5 Å². The predicted octanol–water partition coefficient (Wildman–Crippen LogP) is 3.34. The average Bonchev–Trinajstić information content (AvgIpc) is 2.45. The molecule has 110 valence electrons. The maximum Gasteiger partial charge on any atom is 0.321 e. The fourth-order valence-electron chi connectivity index (χ4n) is 2.47.